The Hall–Kier alpha value is -1.69. The van der Waals surface area contributed by atoms with E-state index in [1.807, 2.05) is 0 Å². The average molecular weight is 267 g/mol. The van der Waals surface area contributed by atoms with Gasteiger partial charge >= 0.3 is 0 Å². The molecule has 6 heteroatoms. The van der Waals surface area contributed by atoms with Gasteiger partial charge in [0.1, 0.15) is 5.69 Å². The second-order valence-corrected chi connectivity index (χ2v) is 4.76. The largest absolute Gasteiger partial charge is 0.381 e. The number of carbonyl (C=O) groups is 1. The van der Waals surface area contributed by atoms with Crippen molar-refractivity contribution in [1.82, 2.24) is 15.1 Å². The smallest absolute Gasteiger partial charge is 0.271 e. The van der Waals surface area contributed by atoms with E-state index in [2.05, 4.69) is 24.3 Å². The van der Waals surface area contributed by atoms with Crippen LogP contribution in [0.4, 0.5) is 0 Å². The third-order valence-corrected chi connectivity index (χ3v) is 2.40. The van der Waals surface area contributed by atoms with Crippen LogP contribution in [0.1, 0.15) is 30.8 Å². The van der Waals surface area contributed by atoms with E-state index < -0.39 is 0 Å². The summed E-state index contributed by atoms with van der Waals surface area (Å²) in [5.74, 6) is 0.240. The zero-order valence-corrected chi connectivity index (χ0v) is 11.7. The van der Waals surface area contributed by atoms with Gasteiger partial charge in [0.15, 0.2) is 0 Å². The lowest BCUT2D eigenvalue weighted by atomic mass is 10.2. The second kappa shape index (κ2) is 7.68. The second-order valence-electron chi connectivity index (χ2n) is 4.76. The van der Waals surface area contributed by atoms with E-state index >= 15 is 0 Å². The minimum Gasteiger partial charge on any atom is -0.381 e. The first-order valence-electron chi connectivity index (χ1n) is 6.41. The third kappa shape index (κ3) is 5.65. The molecule has 1 rings (SSSR count). The van der Waals surface area contributed by atoms with Crippen molar-refractivity contribution >= 4 is 5.91 Å². The van der Waals surface area contributed by atoms with Crippen LogP contribution in [0.25, 0.3) is 0 Å². The van der Waals surface area contributed by atoms with Gasteiger partial charge in [-0.2, -0.15) is 5.10 Å². The normalized spacial score (nSPS) is 10.7. The number of amides is 1. The first kappa shape index (κ1) is 15.4. The highest BCUT2D eigenvalue weighted by Crippen LogP contribution is 1.94. The number of ether oxygens (including phenoxy) is 1. The molecule has 1 heterocycles. The Morgan fingerprint density at radius 1 is 1.47 bits per heavy atom. The summed E-state index contributed by atoms with van der Waals surface area (Å²) in [4.78, 5) is 22.9. The van der Waals surface area contributed by atoms with Crippen molar-refractivity contribution in [2.45, 2.75) is 20.3 Å². The number of nitrogens with one attached hydrogen (secondary N) is 1. The zero-order chi connectivity index (χ0) is 14.3. The van der Waals surface area contributed by atoms with Crippen LogP contribution < -0.4 is 10.9 Å². The molecule has 0 aliphatic rings. The molecule has 0 aromatic carbocycles. The first-order valence-corrected chi connectivity index (χ1v) is 6.41. The molecule has 1 aromatic heterocycles. The van der Waals surface area contributed by atoms with Crippen molar-refractivity contribution in [1.29, 1.82) is 0 Å². The molecule has 0 fully saturated rings. The van der Waals surface area contributed by atoms with E-state index in [0.29, 0.717) is 19.1 Å². The standard InChI is InChI=1S/C13H21N3O3/c1-10(2)9-19-8-4-7-14-13(18)11-5-6-12(17)16(3)15-11/h5-6,10H,4,7-9H2,1-3H3,(H,14,18). The molecule has 0 saturated heterocycles. The fraction of sp³-hybridized carbons (Fsp3) is 0.615. The molecule has 1 N–H and O–H groups in total. The molecular formula is C13H21N3O3. The molecule has 1 amide bonds. The molecular weight excluding hydrogens is 246 g/mol. The van der Waals surface area contributed by atoms with Crippen LogP contribution in [0.5, 0.6) is 0 Å². The molecule has 0 aliphatic heterocycles. The number of nitrogens with zero attached hydrogens (tertiary/aromatic N) is 2. The molecule has 0 spiro atoms. The van der Waals surface area contributed by atoms with Gasteiger partial charge in [-0.3, -0.25) is 9.59 Å². The Morgan fingerprint density at radius 2 is 2.21 bits per heavy atom. The fourth-order valence-electron chi connectivity index (χ4n) is 1.41. The van der Waals surface area contributed by atoms with Crippen LogP contribution in [0, 0.1) is 5.92 Å². The molecule has 19 heavy (non-hydrogen) atoms. The van der Waals surface area contributed by atoms with Gasteiger partial charge in [0.25, 0.3) is 11.5 Å². The lowest BCUT2D eigenvalue weighted by Gasteiger charge is -2.07. The van der Waals surface area contributed by atoms with Crippen LogP contribution >= 0.6 is 0 Å². The Bertz CT molecular complexity index is 468. The molecule has 0 radical (unpaired) electrons. The van der Waals surface area contributed by atoms with Crippen molar-refractivity contribution in [2.75, 3.05) is 19.8 Å². The quantitative estimate of drug-likeness (QED) is 0.733. The van der Waals surface area contributed by atoms with E-state index in [1.165, 1.54) is 19.2 Å². The minimum absolute atomic E-state index is 0.237. The zero-order valence-electron chi connectivity index (χ0n) is 11.7. The lowest BCUT2D eigenvalue weighted by molar-refractivity contribution is 0.0918. The number of aryl methyl sites for hydroxylation is 1. The molecule has 0 atom stereocenters. The summed E-state index contributed by atoms with van der Waals surface area (Å²) < 4.78 is 6.54. The number of carbonyl (C=O) groups excluding carboxylic acids is 1. The summed E-state index contributed by atoms with van der Waals surface area (Å²) in [5.41, 5.74) is 0.00355. The van der Waals surface area contributed by atoms with Gasteiger partial charge in [-0.25, -0.2) is 4.68 Å². The average Bonchev–Trinajstić information content (AvgIpc) is 2.36. The van der Waals surface area contributed by atoms with Crippen LogP contribution in [-0.2, 0) is 11.8 Å². The molecule has 0 unspecified atom stereocenters. The van der Waals surface area contributed by atoms with E-state index in [1.54, 1.807) is 0 Å². The number of hydrogen-bond acceptors (Lipinski definition) is 4. The van der Waals surface area contributed by atoms with Gasteiger partial charge in [-0.1, -0.05) is 13.8 Å². The molecule has 0 saturated carbocycles. The van der Waals surface area contributed by atoms with E-state index in [4.69, 9.17) is 4.74 Å². The summed E-state index contributed by atoms with van der Waals surface area (Å²) in [5, 5.41) is 6.61. The van der Waals surface area contributed by atoms with Crippen molar-refractivity contribution in [3.05, 3.63) is 28.2 Å². The van der Waals surface area contributed by atoms with Crippen LogP contribution in [0.15, 0.2) is 16.9 Å². The van der Waals surface area contributed by atoms with Crippen molar-refractivity contribution in [2.24, 2.45) is 13.0 Å². The van der Waals surface area contributed by atoms with Crippen molar-refractivity contribution in [3.63, 3.8) is 0 Å². The maximum atomic E-state index is 11.7. The van der Waals surface area contributed by atoms with Crippen LogP contribution in [0.2, 0.25) is 0 Å². The summed E-state index contributed by atoms with van der Waals surface area (Å²) in [6, 6.07) is 2.75. The maximum absolute atomic E-state index is 11.7. The minimum atomic E-state index is -0.278. The van der Waals surface area contributed by atoms with Gasteiger partial charge in [0, 0.05) is 32.9 Å². The molecule has 6 nitrogen and oxygen atoms in total. The fourth-order valence-corrected chi connectivity index (χ4v) is 1.41. The number of aromatic nitrogens is 2. The Labute approximate surface area is 112 Å². The van der Waals surface area contributed by atoms with Crippen LogP contribution in [-0.4, -0.2) is 35.4 Å². The Kier molecular flexibility index (Phi) is 6.21. The molecule has 1 aromatic rings. The van der Waals surface area contributed by atoms with E-state index in [-0.39, 0.29) is 17.2 Å². The van der Waals surface area contributed by atoms with Gasteiger partial charge in [0.05, 0.1) is 0 Å². The van der Waals surface area contributed by atoms with Crippen LogP contribution in [0.3, 0.4) is 0 Å². The maximum Gasteiger partial charge on any atom is 0.271 e. The lowest BCUT2D eigenvalue weighted by Crippen LogP contribution is -2.29. The summed E-state index contributed by atoms with van der Waals surface area (Å²) in [6.45, 7) is 6.07. The van der Waals surface area contributed by atoms with Gasteiger partial charge in [-0.15, -0.1) is 0 Å². The monoisotopic (exact) mass is 267 g/mol. The number of rotatable bonds is 7. The van der Waals surface area contributed by atoms with Crippen molar-refractivity contribution in [3.8, 4) is 0 Å². The third-order valence-electron chi connectivity index (χ3n) is 2.40. The Balaban J connectivity index is 2.27. The predicted molar refractivity (Wildman–Crippen MR) is 72.1 cm³/mol. The summed E-state index contributed by atoms with van der Waals surface area (Å²) in [6.07, 6.45) is 0.754. The SMILES string of the molecule is CC(C)COCCCNC(=O)c1ccc(=O)n(C)n1. The van der Waals surface area contributed by atoms with E-state index in [9.17, 15) is 9.59 Å². The van der Waals surface area contributed by atoms with E-state index in [0.717, 1.165) is 17.7 Å². The first-order chi connectivity index (χ1) is 9.00. The van der Waals surface area contributed by atoms with Gasteiger partial charge < -0.3 is 10.1 Å². The Morgan fingerprint density at radius 3 is 2.84 bits per heavy atom. The van der Waals surface area contributed by atoms with Crippen molar-refractivity contribution < 1.29 is 9.53 Å². The number of hydrogen-bond donors (Lipinski definition) is 1. The molecule has 106 valence electrons. The highest BCUT2D eigenvalue weighted by atomic mass is 16.5. The predicted octanol–water partition coefficient (Wildman–Crippen LogP) is 0.573. The summed E-state index contributed by atoms with van der Waals surface area (Å²) >= 11 is 0. The van der Waals surface area contributed by atoms with Gasteiger partial charge in [-0.05, 0) is 18.4 Å². The molecule has 0 bridgehead atoms. The van der Waals surface area contributed by atoms with Gasteiger partial charge in [0.2, 0.25) is 0 Å². The topological polar surface area (TPSA) is 73.2 Å². The highest BCUT2D eigenvalue weighted by Gasteiger charge is 2.07. The molecule has 0 aliphatic carbocycles. The highest BCUT2D eigenvalue weighted by molar-refractivity contribution is 5.91. The summed E-state index contributed by atoms with van der Waals surface area (Å²) in [7, 11) is 1.51.